The van der Waals surface area contributed by atoms with Gasteiger partial charge in [-0.3, -0.25) is 9.59 Å². The molecule has 0 saturated heterocycles. The molecule has 144 valence electrons. The van der Waals surface area contributed by atoms with E-state index < -0.39 is 0 Å². The number of para-hydroxylation sites is 1. The summed E-state index contributed by atoms with van der Waals surface area (Å²) in [7, 11) is 0. The summed E-state index contributed by atoms with van der Waals surface area (Å²) < 4.78 is 0.924. The Morgan fingerprint density at radius 3 is 2.14 bits per heavy atom. The molecule has 1 aliphatic heterocycles. The molecule has 0 fully saturated rings. The van der Waals surface area contributed by atoms with E-state index in [4.69, 9.17) is 11.6 Å². The van der Waals surface area contributed by atoms with Gasteiger partial charge in [-0.2, -0.15) is 0 Å². The fourth-order valence-corrected chi connectivity index (χ4v) is 4.14. The van der Waals surface area contributed by atoms with Gasteiger partial charge in [0, 0.05) is 20.1 Å². The number of nitrogens with zero attached hydrogens (tertiary/aromatic N) is 1. The molecule has 3 aromatic carbocycles. The summed E-state index contributed by atoms with van der Waals surface area (Å²) in [5, 5.41) is 3.74. The number of halogens is 2. The Labute approximate surface area is 185 Å². The molecule has 7 heteroatoms. The lowest BCUT2D eigenvalue weighted by atomic mass is 10.3. The fraction of sp³-hybridized carbons (Fsp3) is 0. The maximum atomic E-state index is 13.2. The van der Waals surface area contributed by atoms with Crippen molar-refractivity contribution in [1.82, 2.24) is 0 Å². The van der Waals surface area contributed by atoms with Crippen molar-refractivity contribution in [2.75, 3.05) is 10.2 Å². The number of hydrogen-bond donors (Lipinski definition) is 1. The average Bonchev–Trinajstić information content (AvgIpc) is 2.96. The molecular weight excluding hydrogens is 472 g/mol. The first-order valence-electron chi connectivity index (χ1n) is 8.67. The Kier molecular flexibility index (Phi) is 5.76. The SMILES string of the molecule is O=C1C(Nc2ccc(Br)cc2)=C(Sc2ccc(Cl)cc2)C(=O)N1c1ccccc1. The van der Waals surface area contributed by atoms with Crippen molar-refractivity contribution in [1.29, 1.82) is 0 Å². The van der Waals surface area contributed by atoms with Gasteiger partial charge in [0.2, 0.25) is 0 Å². The minimum absolute atomic E-state index is 0.251. The summed E-state index contributed by atoms with van der Waals surface area (Å²) >= 11 is 10.6. The molecule has 0 bridgehead atoms. The standard InChI is InChI=1S/C22H14BrClN2O2S/c23-14-6-10-16(11-7-14)25-19-20(29-18-12-8-15(24)9-13-18)22(28)26(21(19)27)17-4-2-1-3-5-17/h1-13,25H. The number of carbonyl (C=O) groups excluding carboxylic acids is 2. The van der Waals surface area contributed by atoms with Gasteiger partial charge in [-0.25, -0.2) is 4.90 Å². The lowest BCUT2D eigenvalue weighted by molar-refractivity contribution is -0.120. The largest absolute Gasteiger partial charge is 0.350 e. The van der Waals surface area contributed by atoms with Crippen LogP contribution in [-0.2, 0) is 9.59 Å². The van der Waals surface area contributed by atoms with E-state index in [2.05, 4.69) is 21.2 Å². The summed E-state index contributed by atoms with van der Waals surface area (Å²) in [6.07, 6.45) is 0. The molecule has 0 atom stereocenters. The van der Waals surface area contributed by atoms with E-state index in [-0.39, 0.29) is 17.5 Å². The first-order valence-corrected chi connectivity index (χ1v) is 10.7. The zero-order valence-electron chi connectivity index (χ0n) is 14.9. The Morgan fingerprint density at radius 1 is 0.828 bits per heavy atom. The van der Waals surface area contributed by atoms with Crippen molar-refractivity contribution >= 4 is 62.5 Å². The van der Waals surface area contributed by atoms with Crippen LogP contribution in [0.2, 0.25) is 5.02 Å². The van der Waals surface area contributed by atoms with Crippen molar-refractivity contribution < 1.29 is 9.59 Å². The van der Waals surface area contributed by atoms with E-state index in [0.717, 1.165) is 9.37 Å². The van der Waals surface area contributed by atoms with Gasteiger partial charge in [-0.1, -0.05) is 57.5 Å². The number of carbonyl (C=O) groups is 2. The summed E-state index contributed by atoms with van der Waals surface area (Å²) in [6, 6.07) is 23.5. The molecule has 4 rings (SSSR count). The normalized spacial score (nSPS) is 13.9. The molecule has 0 aromatic heterocycles. The molecular formula is C22H14BrClN2O2S. The first kappa shape index (κ1) is 19.8. The second kappa shape index (κ2) is 8.45. The predicted molar refractivity (Wildman–Crippen MR) is 121 cm³/mol. The molecule has 4 nitrogen and oxygen atoms in total. The molecule has 3 aromatic rings. The summed E-state index contributed by atoms with van der Waals surface area (Å²) in [6.45, 7) is 0. The van der Waals surface area contributed by atoms with E-state index in [1.807, 2.05) is 42.5 Å². The molecule has 0 radical (unpaired) electrons. The Balaban J connectivity index is 1.73. The Morgan fingerprint density at radius 2 is 1.48 bits per heavy atom. The zero-order valence-corrected chi connectivity index (χ0v) is 18.1. The van der Waals surface area contributed by atoms with Crippen LogP contribution in [0.5, 0.6) is 0 Å². The molecule has 0 unspecified atom stereocenters. The second-order valence-corrected chi connectivity index (χ2v) is 8.61. The number of amides is 2. The number of benzene rings is 3. The average molecular weight is 486 g/mol. The van der Waals surface area contributed by atoms with Crippen LogP contribution in [0.15, 0.2) is 98.8 Å². The van der Waals surface area contributed by atoms with Crippen LogP contribution < -0.4 is 10.2 Å². The van der Waals surface area contributed by atoms with Crippen LogP contribution in [0, 0.1) is 0 Å². The number of anilines is 2. The highest BCUT2D eigenvalue weighted by Crippen LogP contribution is 2.38. The van der Waals surface area contributed by atoms with E-state index in [1.165, 1.54) is 16.7 Å². The molecule has 0 spiro atoms. The number of thioether (sulfide) groups is 1. The monoisotopic (exact) mass is 484 g/mol. The van der Waals surface area contributed by atoms with Crippen LogP contribution in [0.1, 0.15) is 0 Å². The van der Waals surface area contributed by atoms with Crippen molar-refractivity contribution in [3.8, 4) is 0 Å². The first-order chi connectivity index (χ1) is 14.0. The Bertz CT molecular complexity index is 1030. The van der Waals surface area contributed by atoms with E-state index in [9.17, 15) is 9.59 Å². The van der Waals surface area contributed by atoms with E-state index >= 15 is 0 Å². The van der Waals surface area contributed by atoms with E-state index in [0.29, 0.717) is 21.3 Å². The van der Waals surface area contributed by atoms with Gasteiger partial charge in [0.15, 0.2) is 0 Å². The zero-order chi connectivity index (χ0) is 20.4. The minimum Gasteiger partial charge on any atom is -0.350 e. The summed E-state index contributed by atoms with van der Waals surface area (Å²) in [5.41, 5.74) is 1.50. The van der Waals surface area contributed by atoms with Crippen molar-refractivity contribution in [3.05, 3.63) is 99.0 Å². The number of hydrogen-bond acceptors (Lipinski definition) is 4. The van der Waals surface area contributed by atoms with Gasteiger partial charge in [0.25, 0.3) is 11.8 Å². The lowest BCUT2D eigenvalue weighted by Gasteiger charge is -2.15. The lowest BCUT2D eigenvalue weighted by Crippen LogP contribution is -2.32. The second-order valence-electron chi connectivity index (χ2n) is 6.17. The van der Waals surface area contributed by atoms with Crippen molar-refractivity contribution in [2.24, 2.45) is 0 Å². The van der Waals surface area contributed by atoms with Crippen molar-refractivity contribution in [2.45, 2.75) is 4.90 Å². The molecule has 0 saturated carbocycles. The molecule has 0 aliphatic carbocycles. The van der Waals surface area contributed by atoms with Gasteiger partial charge >= 0.3 is 0 Å². The van der Waals surface area contributed by atoms with Gasteiger partial charge < -0.3 is 5.32 Å². The maximum Gasteiger partial charge on any atom is 0.283 e. The third-order valence-corrected chi connectivity index (χ3v) is 6.07. The third-order valence-electron chi connectivity index (χ3n) is 4.20. The predicted octanol–water partition coefficient (Wildman–Crippen LogP) is 6.09. The highest BCUT2D eigenvalue weighted by atomic mass is 79.9. The Hall–Kier alpha value is -2.54. The van der Waals surface area contributed by atoms with Gasteiger partial charge in [-0.05, 0) is 60.7 Å². The van der Waals surface area contributed by atoms with Crippen LogP contribution >= 0.6 is 39.3 Å². The summed E-state index contributed by atoms with van der Waals surface area (Å²) in [4.78, 5) is 28.7. The fourth-order valence-electron chi connectivity index (χ4n) is 2.82. The van der Waals surface area contributed by atoms with E-state index in [1.54, 1.807) is 36.4 Å². The molecule has 2 amide bonds. The van der Waals surface area contributed by atoms with Gasteiger partial charge in [0.1, 0.15) is 10.6 Å². The molecule has 1 aliphatic rings. The summed E-state index contributed by atoms with van der Waals surface area (Å²) in [5.74, 6) is -0.749. The molecule has 1 N–H and O–H groups in total. The van der Waals surface area contributed by atoms with Crippen LogP contribution in [0.25, 0.3) is 0 Å². The smallest absolute Gasteiger partial charge is 0.283 e. The van der Waals surface area contributed by atoms with Crippen LogP contribution in [0.3, 0.4) is 0 Å². The molecule has 1 heterocycles. The maximum absolute atomic E-state index is 13.2. The number of nitrogens with one attached hydrogen (secondary N) is 1. The number of imide groups is 1. The quantitative estimate of drug-likeness (QED) is 0.444. The number of rotatable bonds is 5. The van der Waals surface area contributed by atoms with Gasteiger partial charge in [0.05, 0.1) is 5.69 Å². The highest BCUT2D eigenvalue weighted by Gasteiger charge is 2.40. The van der Waals surface area contributed by atoms with Crippen LogP contribution in [-0.4, -0.2) is 11.8 Å². The third kappa shape index (κ3) is 4.24. The van der Waals surface area contributed by atoms with Crippen molar-refractivity contribution in [3.63, 3.8) is 0 Å². The molecule has 29 heavy (non-hydrogen) atoms. The van der Waals surface area contributed by atoms with Crippen LogP contribution in [0.4, 0.5) is 11.4 Å². The minimum atomic E-state index is -0.388. The van der Waals surface area contributed by atoms with Gasteiger partial charge in [-0.15, -0.1) is 0 Å². The highest BCUT2D eigenvalue weighted by molar-refractivity contribution is 9.10. The topological polar surface area (TPSA) is 49.4 Å².